The summed E-state index contributed by atoms with van der Waals surface area (Å²) in [5.74, 6) is -0.503. The predicted octanol–water partition coefficient (Wildman–Crippen LogP) is 3.17. The summed E-state index contributed by atoms with van der Waals surface area (Å²) >= 11 is 1.52. The average molecular weight is 429 g/mol. The monoisotopic (exact) mass is 428 g/mol. The maximum absolute atomic E-state index is 12.3. The van der Waals surface area contributed by atoms with E-state index in [4.69, 9.17) is 0 Å². The molecule has 2 N–H and O–H groups in total. The van der Waals surface area contributed by atoms with E-state index in [2.05, 4.69) is 36.4 Å². The number of benzene rings is 1. The number of carbonyl (C=O) groups is 3. The minimum atomic E-state index is -0.332. The molecule has 2 heterocycles. The van der Waals surface area contributed by atoms with Crippen LogP contribution in [0.4, 0.5) is 5.69 Å². The van der Waals surface area contributed by atoms with Crippen LogP contribution in [0, 0.1) is 0 Å². The van der Waals surface area contributed by atoms with Crippen LogP contribution in [0.15, 0.2) is 29.6 Å². The quantitative estimate of drug-likeness (QED) is 0.739. The zero-order valence-corrected chi connectivity index (χ0v) is 18.6. The van der Waals surface area contributed by atoms with E-state index in [1.807, 2.05) is 12.3 Å². The molecule has 0 aliphatic carbocycles. The van der Waals surface area contributed by atoms with Crippen molar-refractivity contribution >= 4 is 34.7 Å². The van der Waals surface area contributed by atoms with Gasteiger partial charge in [-0.3, -0.25) is 14.4 Å². The minimum absolute atomic E-state index is 0.0376. The van der Waals surface area contributed by atoms with Crippen molar-refractivity contribution in [2.24, 2.45) is 0 Å². The Hall–Kier alpha value is -2.74. The van der Waals surface area contributed by atoms with Gasteiger partial charge in [-0.1, -0.05) is 20.8 Å². The van der Waals surface area contributed by atoms with E-state index >= 15 is 0 Å². The van der Waals surface area contributed by atoms with Gasteiger partial charge in [-0.05, 0) is 37.6 Å². The molecule has 1 aliphatic rings. The standard InChI is InChI=1S/C22H28N4O3S/c1-14(21-25-17(13-30-21)22(2,3)4)24-18(27)12-23-20(29)15-7-9-16(10-8-15)26-11-5-6-19(26)28/h7-10,13-14H,5-6,11-12H2,1-4H3,(H,23,29)(H,24,27)/t14-/m1/s1. The van der Waals surface area contributed by atoms with Crippen molar-refractivity contribution in [3.05, 3.63) is 45.9 Å². The Morgan fingerprint density at radius 1 is 1.23 bits per heavy atom. The molecule has 0 bridgehead atoms. The van der Waals surface area contributed by atoms with Crippen molar-refractivity contribution < 1.29 is 14.4 Å². The molecular formula is C22H28N4O3S. The van der Waals surface area contributed by atoms with Crippen molar-refractivity contribution in [2.75, 3.05) is 18.0 Å². The topological polar surface area (TPSA) is 91.4 Å². The predicted molar refractivity (Wildman–Crippen MR) is 118 cm³/mol. The first-order valence-corrected chi connectivity index (χ1v) is 11.0. The molecule has 8 heteroatoms. The molecule has 7 nitrogen and oxygen atoms in total. The molecule has 1 atom stereocenters. The Kier molecular flexibility index (Phi) is 6.55. The van der Waals surface area contributed by atoms with Crippen LogP contribution in [0.25, 0.3) is 0 Å². The summed E-state index contributed by atoms with van der Waals surface area (Å²) in [4.78, 5) is 42.7. The highest BCUT2D eigenvalue weighted by atomic mass is 32.1. The van der Waals surface area contributed by atoms with E-state index in [0.717, 1.165) is 22.8 Å². The molecule has 160 valence electrons. The normalized spacial score (nSPS) is 15.2. The van der Waals surface area contributed by atoms with E-state index in [0.29, 0.717) is 18.5 Å². The first-order valence-electron chi connectivity index (χ1n) is 10.1. The summed E-state index contributed by atoms with van der Waals surface area (Å²) in [6.07, 6.45) is 1.42. The van der Waals surface area contributed by atoms with Crippen LogP contribution in [0.1, 0.15) is 67.6 Å². The highest BCUT2D eigenvalue weighted by Crippen LogP contribution is 2.26. The van der Waals surface area contributed by atoms with Crippen LogP contribution in [-0.2, 0) is 15.0 Å². The lowest BCUT2D eigenvalue weighted by Gasteiger charge is -2.16. The third kappa shape index (κ3) is 5.24. The zero-order chi connectivity index (χ0) is 21.9. The summed E-state index contributed by atoms with van der Waals surface area (Å²) in [5.41, 5.74) is 2.19. The fourth-order valence-corrected chi connectivity index (χ4v) is 4.21. The highest BCUT2D eigenvalue weighted by Gasteiger charge is 2.22. The van der Waals surface area contributed by atoms with E-state index in [-0.39, 0.29) is 35.7 Å². The largest absolute Gasteiger partial charge is 0.346 e. The number of thiazole rings is 1. The van der Waals surface area contributed by atoms with E-state index in [9.17, 15) is 14.4 Å². The molecular weight excluding hydrogens is 400 g/mol. The lowest BCUT2D eigenvalue weighted by atomic mass is 9.93. The Labute approximate surface area is 180 Å². The minimum Gasteiger partial charge on any atom is -0.346 e. The smallest absolute Gasteiger partial charge is 0.251 e. The Morgan fingerprint density at radius 2 is 1.93 bits per heavy atom. The molecule has 0 spiro atoms. The molecule has 30 heavy (non-hydrogen) atoms. The molecule has 1 aromatic heterocycles. The van der Waals surface area contributed by atoms with E-state index < -0.39 is 0 Å². The molecule has 0 unspecified atom stereocenters. The number of nitrogens with one attached hydrogen (secondary N) is 2. The molecule has 0 radical (unpaired) electrons. The molecule has 1 saturated heterocycles. The molecule has 1 fully saturated rings. The Balaban J connectivity index is 1.50. The van der Waals surface area contributed by atoms with Crippen LogP contribution in [-0.4, -0.2) is 35.8 Å². The van der Waals surface area contributed by atoms with Gasteiger partial charge in [0, 0.05) is 35.0 Å². The van der Waals surface area contributed by atoms with Gasteiger partial charge >= 0.3 is 0 Å². The van der Waals surface area contributed by atoms with Crippen LogP contribution in [0.3, 0.4) is 0 Å². The number of hydrogen-bond donors (Lipinski definition) is 2. The van der Waals surface area contributed by atoms with Crippen molar-refractivity contribution in [1.29, 1.82) is 0 Å². The van der Waals surface area contributed by atoms with Crippen molar-refractivity contribution in [3.8, 4) is 0 Å². The number of anilines is 1. The molecule has 0 saturated carbocycles. The molecule has 2 aromatic rings. The fourth-order valence-electron chi connectivity index (χ4n) is 3.16. The Morgan fingerprint density at radius 3 is 2.50 bits per heavy atom. The molecule has 1 aliphatic heterocycles. The molecule has 3 amide bonds. The van der Waals surface area contributed by atoms with Gasteiger partial charge < -0.3 is 15.5 Å². The molecule has 3 rings (SSSR count). The van der Waals surface area contributed by atoms with Crippen LogP contribution < -0.4 is 15.5 Å². The van der Waals surface area contributed by atoms with Gasteiger partial charge in [-0.2, -0.15) is 0 Å². The van der Waals surface area contributed by atoms with E-state index in [1.54, 1.807) is 29.2 Å². The fraction of sp³-hybridized carbons (Fsp3) is 0.455. The van der Waals surface area contributed by atoms with Crippen LogP contribution >= 0.6 is 11.3 Å². The number of carbonyl (C=O) groups excluding carboxylic acids is 3. The van der Waals surface area contributed by atoms with E-state index in [1.165, 1.54) is 11.3 Å². The second-order valence-corrected chi connectivity index (χ2v) is 9.38. The van der Waals surface area contributed by atoms with Gasteiger partial charge in [0.1, 0.15) is 5.01 Å². The van der Waals surface area contributed by atoms with Gasteiger partial charge in [-0.25, -0.2) is 4.98 Å². The summed E-state index contributed by atoms with van der Waals surface area (Å²) in [6.45, 7) is 8.76. The van der Waals surface area contributed by atoms with Crippen LogP contribution in [0.2, 0.25) is 0 Å². The maximum Gasteiger partial charge on any atom is 0.251 e. The van der Waals surface area contributed by atoms with Gasteiger partial charge in [0.25, 0.3) is 5.91 Å². The lowest BCUT2D eigenvalue weighted by Crippen LogP contribution is -2.38. The van der Waals surface area contributed by atoms with Gasteiger partial charge in [0.05, 0.1) is 18.3 Å². The number of rotatable bonds is 6. The summed E-state index contributed by atoms with van der Waals surface area (Å²) in [5, 5.41) is 8.36. The highest BCUT2D eigenvalue weighted by molar-refractivity contribution is 7.09. The zero-order valence-electron chi connectivity index (χ0n) is 17.8. The first-order chi connectivity index (χ1) is 14.1. The van der Waals surface area contributed by atoms with Crippen molar-refractivity contribution in [2.45, 2.75) is 52.0 Å². The van der Waals surface area contributed by atoms with Gasteiger partial charge in [0.2, 0.25) is 11.8 Å². The van der Waals surface area contributed by atoms with Crippen molar-refractivity contribution in [1.82, 2.24) is 15.6 Å². The number of nitrogens with zero attached hydrogens (tertiary/aromatic N) is 2. The third-order valence-electron chi connectivity index (χ3n) is 4.96. The second-order valence-electron chi connectivity index (χ2n) is 8.49. The third-order valence-corrected chi connectivity index (χ3v) is 5.99. The summed E-state index contributed by atoms with van der Waals surface area (Å²) in [7, 11) is 0. The Bertz CT molecular complexity index is 931. The SMILES string of the molecule is C[C@@H](NC(=O)CNC(=O)c1ccc(N2CCCC2=O)cc1)c1nc(C(C)(C)C)cs1. The van der Waals surface area contributed by atoms with Crippen molar-refractivity contribution in [3.63, 3.8) is 0 Å². The maximum atomic E-state index is 12.3. The van der Waals surface area contributed by atoms with Gasteiger partial charge in [0.15, 0.2) is 0 Å². The van der Waals surface area contributed by atoms with Gasteiger partial charge in [-0.15, -0.1) is 11.3 Å². The summed E-state index contributed by atoms with van der Waals surface area (Å²) < 4.78 is 0. The molecule has 1 aromatic carbocycles. The van der Waals surface area contributed by atoms with Crippen LogP contribution in [0.5, 0.6) is 0 Å². The number of aromatic nitrogens is 1. The first kappa shape index (κ1) is 22.0. The summed E-state index contributed by atoms with van der Waals surface area (Å²) in [6, 6.07) is 6.62. The average Bonchev–Trinajstić information content (AvgIpc) is 3.35. The lowest BCUT2D eigenvalue weighted by molar-refractivity contribution is -0.120. The number of amides is 3. The second kappa shape index (κ2) is 8.95. The number of hydrogen-bond acceptors (Lipinski definition) is 5.